The van der Waals surface area contributed by atoms with E-state index < -0.39 is 0 Å². The van der Waals surface area contributed by atoms with Gasteiger partial charge in [-0.15, -0.1) is 0 Å². The van der Waals surface area contributed by atoms with Crippen molar-refractivity contribution in [3.8, 4) is 0 Å². The number of hydrogen-bond donors (Lipinski definition) is 1. The Bertz CT molecular complexity index is 279. The summed E-state index contributed by atoms with van der Waals surface area (Å²) in [5, 5.41) is 10.6. The minimum atomic E-state index is -0.230. The highest BCUT2D eigenvalue weighted by atomic mass is 16.3. The molecule has 1 N–H and O–H groups in total. The predicted octanol–water partition coefficient (Wildman–Crippen LogP) is 5.19. The quantitative estimate of drug-likeness (QED) is 0.656. The summed E-state index contributed by atoms with van der Waals surface area (Å²) < 4.78 is 0. The molecular weight excluding hydrogens is 232 g/mol. The van der Waals surface area contributed by atoms with Gasteiger partial charge >= 0.3 is 0 Å². The monoisotopic (exact) mass is 266 g/mol. The van der Waals surface area contributed by atoms with E-state index in [-0.39, 0.29) is 6.10 Å². The number of rotatable bonds is 6. The topological polar surface area (TPSA) is 20.2 Å². The molecule has 0 saturated heterocycles. The van der Waals surface area contributed by atoms with E-state index in [1.807, 2.05) is 0 Å². The van der Waals surface area contributed by atoms with Crippen molar-refractivity contribution in [2.75, 3.05) is 0 Å². The maximum Gasteiger partial charge on any atom is 0.0754 e. The zero-order valence-corrected chi connectivity index (χ0v) is 13.7. The lowest BCUT2D eigenvalue weighted by molar-refractivity contribution is 0.0422. The molecular formula is C18H34O. The van der Waals surface area contributed by atoms with Gasteiger partial charge in [-0.3, -0.25) is 0 Å². The molecule has 0 amide bonds. The van der Waals surface area contributed by atoms with Gasteiger partial charge in [-0.1, -0.05) is 52.2 Å². The molecule has 0 aromatic rings. The van der Waals surface area contributed by atoms with Crippen molar-refractivity contribution in [3.63, 3.8) is 0 Å². The van der Waals surface area contributed by atoms with Crippen LogP contribution in [-0.4, -0.2) is 11.2 Å². The van der Waals surface area contributed by atoms with Gasteiger partial charge in [0, 0.05) is 0 Å². The summed E-state index contributed by atoms with van der Waals surface area (Å²) in [6.07, 6.45) is 9.36. The first kappa shape index (κ1) is 16.8. The van der Waals surface area contributed by atoms with Crippen molar-refractivity contribution in [2.24, 2.45) is 23.7 Å². The Labute approximate surface area is 120 Å². The average Bonchev–Trinajstić information content (AvgIpc) is 2.35. The summed E-state index contributed by atoms with van der Waals surface area (Å²) in [4.78, 5) is 0. The molecule has 0 aromatic heterocycles. The second-order valence-corrected chi connectivity index (χ2v) is 7.10. The van der Waals surface area contributed by atoms with Crippen molar-refractivity contribution in [1.29, 1.82) is 0 Å². The molecule has 1 nitrogen and oxygen atoms in total. The molecule has 112 valence electrons. The van der Waals surface area contributed by atoms with Gasteiger partial charge in [0.25, 0.3) is 0 Å². The third-order valence-corrected chi connectivity index (χ3v) is 4.89. The summed E-state index contributed by atoms with van der Waals surface area (Å²) >= 11 is 0. The molecule has 0 heterocycles. The molecule has 4 atom stereocenters. The van der Waals surface area contributed by atoms with E-state index in [1.54, 1.807) is 0 Å². The number of hydrogen-bond acceptors (Lipinski definition) is 1. The van der Waals surface area contributed by atoms with Gasteiger partial charge in [0.2, 0.25) is 0 Å². The molecule has 0 unspecified atom stereocenters. The summed E-state index contributed by atoms with van der Waals surface area (Å²) in [6, 6.07) is 0. The highest BCUT2D eigenvalue weighted by Crippen LogP contribution is 2.40. The summed E-state index contributed by atoms with van der Waals surface area (Å²) in [7, 11) is 0. The minimum Gasteiger partial charge on any atom is -0.389 e. The second kappa shape index (κ2) is 8.09. The van der Waals surface area contributed by atoms with Crippen LogP contribution in [0.5, 0.6) is 0 Å². The molecule has 19 heavy (non-hydrogen) atoms. The molecule has 0 aromatic carbocycles. The first-order chi connectivity index (χ1) is 8.95. The SMILES string of the molecule is CCCC/C(C)=C/[C@@H](O)[C@@H]1C[C@H](C)CC[C@H]1C(C)C. The molecule has 0 aliphatic heterocycles. The van der Waals surface area contributed by atoms with Gasteiger partial charge < -0.3 is 5.11 Å². The Balaban J connectivity index is 2.67. The van der Waals surface area contributed by atoms with Gasteiger partial charge in [-0.25, -0.2) is 0 Å². The van der Waals surface area contributed by atoms with Gasteiger partial charge in [0.05, 0.1) is 6.10 Å². The highest BCUT2D eigenvalue weighted by molar-refractivity contribution is 5.04. The molecule has 1 aliphatic carbocycles. The number of allylic oxidation sites excluding steroid dienone is 1. The van der Waals surface area contributed by atoms with Crippen LogP contribution in [0.1, 0.15) is 73.1 Å². The largest absolute Gasteiger partial charge is 0.389 e. The van der Waals surface area contributed by atoms with Crippen LogP contribution in [0.25, 0.3) is 0 Å². The Morgan fingerprint density at radius 3 is 2.53 bits per heavy atom. The lowest BCUT2D eigenvalue weighted by atomic mass is 9.68. The fourth-order valence-corrected chi connectivity index (χ4v) is 3.62. The fraction of sp³-hybridized carbons (Fsp3) is 0.889. The van der Waals surface area contributed by atoms with Gasteiger partial charge in [0.15, 0.2) is 0 Å². The van der Waals surface area contributed by atoms with Crippen LogP contribution in [0.2, 0.25) is 0 Å². The number of aliphatic hydroxyl groups excluding tert-OH is 1. The first-order valence-electron chi connectivity index (χ1n) is 8.31. The first-order valence-corrected chi connectivity index (χ1v) is 8.31. The summed E-state index contributed by atoms with van der Waals surface area (Å²) in [5.74, 6) is 2.64. The Morgan fingerprint density at radius 2 is 1.95 bits per heavy atom. The van der Waals surface area contributed by atoms with E-state index in [2.05, 4.69) is 40.7 Å². The van der Waals surface area contributed by atoms with Crippen LogP contribution in [-0.2, 0) is 0 Å². The minimum absolute atomic E-state index is 0.230. The zero-order chi connectivity index (χ0) is 14.4. The van der Waals surface area contributed by atoms with Crippen molar-refractivity contribution in [3.05, 3.63) is 11.6 Å². The van der Waals surface area contributed by atoms with E-state index in [1.165, 1.54) is 37.7 Å². The Morgan fingerprint density at radius 1 is 1.26 bits per heavy atom. The molecule has 1 aliphatic rings. The van der Waals surface area contributed by atoms with E-state index in [0.717, 1.165) is 12.3 Å². The van der Waals surface area contributed by atoms with Gasteiger partial charge in [-0.05, 0) is 56.3 Å². The van der Waals surface area contributed by atoms with Crippen molar-refractivity contribution >= 4 is 0 Å². The third kappa shape index (κ3) is 5.30. The highest BCUT2D eigenvalue weighted by Gasteiger charge is 2.34. The fourth-order valence-electron chi connectivity index (χ4n) is 3.62. The number of aliphatic hydroxyl groups is 1. The van der Waals surface area contributed by atoms with Crippen molar-refractivity contribution in [1.82, 2.24) is 0 Å². The molecule has 1 heteroatoms. The van der Waals surface area contributed by atoms with Gasteiger partial charge in [0.1, 0.15) is 0 Å². The van der Waals surface area contributed by atoms with Gasteiger partial charge in [-0.2, -0.15) is 0 Å². The second-order valence-electron chi connectivity index (χ2n) is 7.10. The lowest BCUT2D eigenvalue weighted by Crippen LogP contribution is -2.35. The van der Waals surface area contributed by atoms with Crippen LogP contribution in [0.3, 0.4) is 0 Å². The van der Waals surface area contributed by atoms with Crippen LogP contribution in [0.4, 0.5) is 0 Å². The van der Waals surface area contributed by atoms with Crippen LogP contribution in [0, 0.1) is 23.7 Å². The molecule has 0 spiro atoms. The smallest absolute Gasteiger partial charge is 0.0754 e. The summed E-state index contributed by atoms with van der Waals surface area (Å²) in [6.45, 7) is 11.4. The van der Waals surface area contributed by atoms with E-state index in [0.29, 0.717) is 17.8 Å². The van der Waals surface area contributed by atoms with Crippen molar-refractivity contribution < 1.29 is 5.11 Å². The van der Waals surface area contributed by atoms with E-state index in [9.17, 15) is 5.11 Å². The van der Waals surface area contributed by atoms with E-state index in [4.69, 9.17) is 0 Å². The Hall–Kier alpha value is -0.300. The maximum atomic E-state index is 10.6. The van der Waals surface area contributed by atoms with Crippen LogP contribution < -0.4 is 0 Å². The molecule has 1 fully saturated rings. The standard InChI is InChI=1S/C18H34O/c1-6-7-8-14(4)12-18(19)17-11-15(5)9-10-16(17)13(2)3/h12-13,15-19H,6-11H2,1-5H3/b14-12+/t15-,16+,17-,18-/m1/s1. The summed E-state index contributed by atoms with van der Waals surface area (Å²) in [5.41, 5.74) is 1.37. The maximum absolute atomic E-state index is 10.6. The normalized spacial score (nSPS) is 30.7. The predicted molar refractivity (Wildman–Crippen MR) is 84.1 cm³/mol. The average molecular weight is 266 g/mol. The lowest BCUT2D eigenvalue weighted by Gasteiger charge is -2.39. The molecule has 0 radical (unpaired) electrons. The van der Waals surface area contributed by atoms with Crippen LogP contribution >= 0.6 is 0 Å². The Kier molecular flexibility index (Phi) is 7.13. The van der Waals surface area contributed by atoms with Crippen molar-refractivity contribution in [2.45, 2.75) is 79.2 Å². The van der Waals surface area contributed by atoms with Crippen LogP contribution in [0.15, 0.2) is 11.6 Å². The molecule has 1 rings (SSSR count). The van der Waals surface area contributed by atoms with E-state index >= 15 is 0 Å². The number of unbranched alkanes of at least 4 members (excludes halogenated alkanes) is 1. The zero-order valence-electron chi connectivity index (χ0n) is 13.7. The molecule has 1 saturated carbocycles. The molecule has 0 bridgehead atoms. The third-order valence-electron chi connectivity index (χ3n) is 4.89.